The van der Waals surface area contributed by atoms with Crippen LogP contribution in [0.25, 0.3) is 10.9 Å². The number of piperazine rings is 1. The first-order valence-corrected chi connectivity index (χ1v) is 9.25. The van der Waals surface area contributed by atoms with Gasteiger partial charge in [-0.05, 0) is 24.0 Å². The highest BCUT2D eigenvalue weighted by atomic mass is 16.4. The maximum Gasteiger partial charge on any atom is 0.408 e. The monoisotopic (exact) mass is 344 g/mol. The Morgan fingerprint density at radius 3 is 3.04 bits per heavy atom. The van der Waals surface area contributed by atoms with E-state index in [1.807, 2.05) is 18.3 Å². The highest BCUT2D eigenvalue weighted by Crippen LogP contribution is 2.42. The van der Waals surface area contributed by atoms with Gasteiger partial charge in [0.15, 0.2) is 0 Å². The molecule has 3 N–H and O–H groups in total. The van der Waals surface area contributed by atoms with Crippen LogP contribution >= 0.6 is 0 Å². The number of rotatable bonds is 6. The molecule has 136 valence electrons. The van der Waals surface area contributed by atoms with Gasteiger partial charge in [0.25, 0.3) is 0 Å². The van der Waals surface area contributed by atoms with Crippen LogP contribution in [-0.4, -0.2) is 45.9 Å². The zero-order valence-corrected chi connectivity index (χ0v) is 15.1. The van der Waals surface area contributed by atoms with Crippen molar-refractivity contribution in [3.63, 3.8) is 0 Å². The van der Waals surface area contributed by atoms with E-state index in [1.54, 1.807) is 4.90 Å². The van der Waals surface area contributed by atoms with Crippen LogP contribution in [0, 0.1) is 5.92 Å². The normalized spacial score (nSPS) is 22.2. The van der Waals surface area contributed by atoms with Crippen LogP contribution in [0.1, 0.15) is 45.1 Å². The van der Waals surface area contributed by atoms with Gasteiger partial charge in [0.05, 0.1) is 17.3 Å². The molecule has 0 bridgehead atoms. The molecule has 0 aliphatic carbocycles. The molecular formula is C19H28N4O2. The molecule has 2 unspecified atom stereocenters. The number of nitrogens with one attached hydrogen (secondary N) is 2. The number of benzene rings is 1. The molecule has 2 aromatic rings. The van der Waals surface area contributed by atoms with Gasteiger partial charge in [-0.2, -0.15) is 5.10 Å². The van der Waals surface area contributed by atoms with Gasteiger partial charge < -0.3 is 10.4 Å². The molecule has 6 heteroatoms. The number of nitrogens with zero attached hydrogens (tertiary/aromatic N) is 2. The van der Waals surface area contributed by atoms with Crippen LogP contribution in [0.5, 0.6) is 0 Å². The fraction of sp³-hybridized carbons (Fsp3) is 0.579. The minimum atomic E-state index is -0.843. The van der Waals surface area contributed by atoms with E-state index in [9.17, 15) is 9.90 Å². The summed E-state index contributed by atoms with van der Waals surface area (Å²) in [6.45, 7) is 6.21. The van der Waals surface area contributed by atoms with Gasteiger partial charge in [-0.25, -0.2) is 4.79 Å². The molecule has 1 amide bonds. The summed E-state index contributed by atoms with van der Waals surface area (Å²) in [4.78, 5) is 13.8. The molecule has 1 fully saturated rings. The highest BCUT2D eigenvalue weighted by molar-refractivity contribution is 5.83. The average molecular weight is 344 g/mol. The summed E-state index contributed by atoms with van der Waals surface area (Å²) in [6, 6.07) is 6.05. The Hall–Kier alpha value is -2.08. The molecule has 0 radical (unpaired) electrons. The van der Waals surface area contributed by atoms with Gasteiger partial charge in [0.2, 0.25) is 0 Å². The van der Waals surface area contributed by atoms with E-state index in [4.69, 9.17) is 0 Å². The molecular weight excluding hydrogens is 316 g/mol. The van der Waals surface area contributed by atoms with E-state index in [0.717, 1.165) is 35.7 Å². The van der Waals surface area contributed by atoms with E-state index < -0.39 is 11.6 Å². The Labute approximate surface area is 148 Å². The molecule has 0 saturated carbocycles. The molecule has 1 aromatic carbocycles. The predicted molar refractivity (Wildman–Crippen MR) is 98.7 cm³/mol. The minimum Gasteiger partial charge on any atom is -0.465 e. The maximum absolute atomic E-state index is 12.1. The van der Waals surface area contributed by atoms with Crippen molar-refractivity contribution >= 4 is 17.0 Å². The Morgan fingerprint density at radius 2 is 2.28 bits per heavy atom. The summed E-state index contributed by atoms with van der Waals surface area (Å²) in [6.07, 6.45) is 5.44. The van der Waals surface area contributed by atoms with Crippen molar-refractivity contribution in [1.82, 2.24) is 20.4 Å². The minimum absolute atomic E-state index is 0.212. The number of aromatic amines is 1. The lowest BCUT2D eigenvalue weighted by atomic mass is 9.73. The van der Waals surface area contributed by atoms with Crippen molar-refractivity contribution < 1.29 is 9.90 Å². The largest absolute Gasteiger partial charge is 0.465 e. The van der Waals surface area contributed by atoms with Gasteiger partial charge in [-0.1, -0.05) is 45.2 Å². The molecule has 1 saturated heterocycles. The predicted octanol–water partition coefficient (Wildman–Crippen LogP) is 3.56. The first-order valence-electron chi connectivity index (χ1n) is 9.25. The van der Waals surface area contributed by atoms with E-state index in [-0.39, 0.29) is 5.92 Å². The molecule has 3 rings (SSSR count). The number of unbranched alkanes of at least 4 members (excludes halogenated alkanes) is 2. The number of hydrogen-bond donors (Lipinski definition) is 3. The summed E-state index contributed by atoms with van der Waals surface area (Å²) in [5.41, 5.74) is 1.44. The molecule has 6 nitrogen and oxygen atoms in total. The Morgan fingerprint density at radius 1 is 1.44 bits per heavy atom. The van der Waals surface area contributed by atoms with Crippen molar-refractivity contribution in [2.45, 2.75) is 45.1 Å². The number of H-pyrrole nitrogens is 1. The fourth-order valence-electron chi connectivity index (χ4n) is 4.26. The summed E-state index contributed by atoms with van der Waals surface area (Å²) < 4.78 is 0. The lowest BCUT2D eigenvalue weighted by Gasteiger charge is -2.50. The molecule has 1 aliphatic rings. The van der Waals surface area contributed by atoms with Crippen molar-refractivity contribution in [1.29, 1.82) is 0 Å². The number of aromatic nitrogens is 2. The van der Waals surface area contributed by atoms with Gasteiger partial charge in [-0.3, -0.25) is 10.00 Å². The molecule has 2 heterocycles. The van der Waals surface area contributed by atoms with E-state index >= 15 is 0 Å². The molecule has 1 aromatic heterocycles. The van der Waals surface area contributed by atoms with Crippen LogP contribution in [0.3, 0.4) is 0 Å². The van der Waals surface area contributed by atoms with Crippen LogP contribution < -0.4 is 5.32 Å². The second-order valence-electron chi connectivity index (χ2n) is 7.07. The third kappa shape index (κ3) is 3.11. The lowest BCUT2D eigenvalue weighted by molar-refractivity contribution is 0.0166. The maximum atomic E-state index is 12.1. The Kier molecular flexibility index (Phi) is 5.27. The summed E-state index contributed by atoms with van der Waals surface area (Å²) in [5.74, 6) is 0.212. The van der Waals surface area contributed by atoms with E-state index in [1.165, 1.54) is 6.42 Å². The van der Waals surface area contributed by atoms with Crippen molar-refractivity contribution in [3.05, 3.63) is 30.0 Å². The number of amides is 1. The quantitative estimate of drug-likeness (QED) is 0.700. The van der Waals surface area contributed by atoms with E-state index in [0.29, 0.717) is 19.6 Å². The first kappa shape index (κ1) is 17.7. The third-order valence-electron chi connectivity index (χ3n) is 5.63. The van der Waals surface area contributed by atoms with E-state index in [2.05, 4.69) is 35.4 Å². The van der Waals surface area contributed by atoms with Crippen molar-refractivity contribution in [2.75, 3.05) is 19.6 Å². The summed E-state index contributed by atoms with van der Waals surface area (Å²) >= 11 is 0. The van der Waals surface area contributed by atoms with Gasteiger partial charge in [-0.15, -0.1) is 0 Å². The van der Waals surface area contributed by atoms with Crippen molar-refractivity contribution in [3.8, 4) is 0 Å². The summed E-state index contributed by atoms with van der Waals surface area (Å²) in [7, 11) is 0. The second kappa shape index (κ2) is 7.44. The fourth-order valence-corrected chi connectivity index (χ4v) is 4.26. The lowest BCUT2D eigenvalue weighted by Crippen LogP contribution is -2.63. The standard InChI is InChI=1S/C19H28N4O2/c1-3-4-5-7-14(2)19(13-20-10-11-23(19)18(24)25)16-8-6-9-17-15(16)12-21-22-17/h6,8-9,12,14,20H,3-5,7,10-11,13H2,1-2H3,(H,21,22)(H,24,25). The molecule has 0 spiro atoms. The van der Waals surface area contributed by atoms with Crippen LogP contribution in [-0.2, 0) is 5.54 Å². The van der Waals surface area contributed by atoms with Crippen LogP contribution in [0.15, 0.2) is 24.4 Å². The summed E-state index contributed by atoms with van der Waals surface area (Å²) in [5, 5.41) is 21.6. The zero-order valence-electron chi connectivity index (χ0n) is 15.1. The van der Waals surface area contributed by atoms with Crippen LogP contribution in [0.2, 0.25) is 0 Å². The van der Waals surface area contributed by atoms with Gasteiger partial charge >= 0.3 is 6.09 Å². The third-order valence-corrected chi connectivity index (χ3v) is 5.63. The topological polar surface area (TPSA) is 81.2 Å². The number of fused-ring (bicyclic) bond motifs is 1. The smallest absolute Gasteiger partial charge is 0.408 e. The highest BCUT2D eigenvalue weighted by Gasteiger charge is 2.48. The number of carbonyl (C=O) groups is 1. The van der Waals surface area contributed by atoms with Crippen molar-refractivity contribution in [2.24, 2.45) is 5.92 Å². The number of hydrogen-bond acceptors (Lipinski definition) is 3. The number of carboxylic acid groups (broad SMARTS) is 1. The molecule has 25 heavy (non-hydrogen) atoms. The Bertz CT molecular complexity index is 729. The SMILES string of the molecule is CCCCCC(C)C1(c2cccc3[nH]ncc23)CNCCN1C(=O)O. The Balaban J connectivity index is 2.11. The average Bonchev–Trinajstić information content (AvgIpc) is 3.10. The van der Waals surface area contributed by atoms with Gasteiger partial charge in [0.1, 0.15) is 0 Å². The zero-order chi connectivity index (χ0) is 17.9. The van der Waals surface area contributed by atoms with Crippen LogP contribution in [0.4, 0.5) is 4.79 Å². The first-order chi connectivity index (χ1) is 12.1. The second-order valence-corrected chi connectivity index (χ2v) is 7.07. The molecule has 1 aliphatic heterocycles. The van der Waals surface area contributed by atoms with Gasteiger partial charge in [0, 0.05) is 25.0 Å². The molecule has 2 atom stereocenters.